The van der Waals surface area contributed by atoms with E-state index in [-0.39, 0.29) is 13.0 Å². The van der Waals surface area contributed by atoms with Crippen LogP contribution in [0.5, 0.6) is 0 Å². The van der Waals surface area contributed by atoms with Crippen LogP contribution in [0.1, 0.15) is 39.0 Å². The van der Waals surface area contributed by atoms with Crippen molar-refractivity contribution in [3.63, 3.8) is 0 Å². The first kappa shape index (κ1) is 16.3. The Morgan fingerprint density at radius 2 is 2.16 bits per heavy atom. The lowest BCUT2D eigenvalue weighted by Crippen LogP contribution is -2.49. The van der Waals surface area contributed by atoms with Gasteiger partial charge in [-0.3, -0.25) is 9.69 Å². The number of esters is 1. The molecule has 0 aliphatic carbocycles. The van der Waals surface area contributed by atoms with Crippen molar-refractivity contribution in [1.29, 1.82) is 0 Å². The van der Waals surface area contributed by atoms with E-state index in [1.54, 1.807) is 4.90 Å². The number of ether oxygens (including phenoxy) is 1. The maximum absolute atomic E-state index is 12.8. The number of hydrogen-bond acceptors (Lipinski definition) is 3. The molecule has 2 unspecified atom stereocenters. The van der Waals surface area contributed by atoms with Crippen molar-refractivity contribution in [2.45, 2.75) is 51.2 Å². The summed E-state index contributed by atoms with van der Waals surface area (Å²) in [5.41, 5.74) is 0. The molecule has 1 fully saturated rings. The Morgan fingerprint density at radius 3 is 2.68 bits per heavy atom. The Labute approximate surface area is 112 Å². The fraction of sp³-hybridized carbons (Fsp3) is 0.923. The van der Waals surface area contributed by atoms with Crippen molar-refractivity contribution in [3.05, 3.63) is 0 Å². The highest BCUT2D eigenvalue weighted by molar-refractivity contribution is 5.75. The number of likely N-dealkylation sites (tertiary alicyclic amines) is 1. The van der Waals surface area contributed by atoms with Gasteiger partial charge in [-0.25, -0.2) is 0 Å². The minimum absolute atomic E-state index is 0.0903. The van der Waals surface area contributed by atoms with Crippen LogP contribution < -0.4 is 0 Å². The number of hydrogen-bond donors (Lipinski definition) is 0. The number of methoxy groups -OCH3 is 1. The molecule has 0 amide bonds. The molecule has 0 aromatic heterocycles. The average molecular weight is 281 g/mol. The van der Waals surface area contributed by atoms with Crippen LogP contribution in [0.15, 0.2) is 0 Å². The molecule has 19 heavy (non-hydrogen) atoms. The van der Waals surface area contributed by atoms with Gasteiger partial charge in [-0.15, -0.1) is 0 Å². The lowest BCUT2D eigenvalue weighted by Gasteiger charge is -2.37. The molecule has 0 spiro atoms. The van der Waals surface area contributed by atoms with E-state index in [0.717, 1.165) is 12.8 Å². The van der Waals surface area contributed by atoms with Gasteiger partial charge in [-0.2, -0.15) is 13.2 Å². The fourth-order valence-corrected chi connectivity index (χ4v) is 2.54. The average Bonchev–Trinajstić information content (AvgIpc) is 2.38. The van der Waals surface area contributed by atoms with Crippen LogP contribution >= 0.6 is 0 Å². The van der Waals surface area contributed by atoms with Gasteiger partial charge in [0.25, 0.3) is 0 Å². The molecule has 1 heterocycles. The standard InChI is InChI=1S/C13H22F3NO2/c1-3-4-7-11(12(18)19-2)17-8-5-6-10(9-17)13(14,15)16/h10-11H,3-9H2,1-2H3. The van der Waals surface area contributed by atoms with Crippen molar-refractivity contribution in [3.8, 4) is 0 Å². The maximum Gasteiger partial charge on any atom is 0.393 e. The van der Waals surface area contributed by atoms with Crippen molar-refractivity contribution >= 4 is 5.97 Å². The largest absolute Gasteiger partial charge is 0.468 e. The van der Waals surface area contributed by atoms with Crippen LogP contribution in [-0.2, 0) is 9.53 Å². The van der Waals surface area contributed by atoms with E-state index in [1.165, 1.54) is 7.11 Å². The van der Waals surface area contributed by atoms with E-state index < -0.39 is 24.1 Å². The summed E-state index contributed by atoms with van der Waals surface area (Å²) in [5.74, 6) is -1.74. The minimum atomic E-state index is -4.18. The summed E-state index contributed by atoms with van der Waals surface area (Å²) < 4.78 is 43.0. The molecule has 0 radical (unpaired) electrons. The van der Waals surface area contributed by atoms with Gasteiger partial charge < -0.3 is 4.74 Å². The number of carbonyl (C=O) groups excluding carboxylic acids is 1. The summed E-state index contributed by atoms with van der Waals surface area (Å²) in [6.45, 7) is 2.44. The summed E-state index contributed by atoms with van der Waals surface area (Å²) in [6, 6.07) is -0.532. The van der Waals surface area contributed by atoms with Crippen molar-refractivity contribution in [1.82, 2.24) is 4.90 Å². The molecule has 1 aliphatic rings. The number of halogens is 3. The van der Waals surface area contributed by atoms with Crippen LogP contribution in [0.3, 0.4) is 0 Å². The second-order valence-electron chi connectivity index (χ2n) is 5.06. The highest BCUT2D eigenvalue weighted by Gasteiger charge is 2.43. The predicted octanol–water partition coefficient (Wildman–Crippen LogP) is 2.99. The number of carbonyl (C=O) groups is 1. The third-order valence-corrected chi connectivity index (χ3v) is 3.66. The van der Waals surface area contributed by atoms with Gasteiger partial charge in [0.1, 0.15) is 6.04 Å². The number of piperidine rings is 1. The number of nitrogens with zero attached hydrogens (tertiary/aromatic N) is 1. The summed E-state index contributed by atoms with van der Waals surface area (Å²) in [4.78, 5) is 13.4. The zero-order chi connectivity index (χ0) is 14.5. The first-order valence-electron chi connectivity index (χ1n) is 6.78. The van der Waals surface area contributed by atoms with E-state index in [2.05, 4.69) is 0 Å². The molecule has 1 aliphatic heterocycles. The van der Waals surface area contributed by atoms with Crippen LogP contribution in [0, 0.1) is 5.92 Å². The fourth-order valence-electron chi connectivity index (χ4n) is 2.54. The summed E-state index contributed by atoms with van der Waals surface area (Å²) in [6.07, 6.45) is -1.26. The normalized spacial score (nSPS) is 23.1. The molecular formula is C13H22F3NO2. The van der Waals surface area contributed by atoms with Gasteiger partial charge in [0, 0.05) is 6.54 Å². The summed E-state index contributed by atoms with van der Waals surface area (Å²) in [5, 5.41) is 0. The molecule has 112 valence electrons. The van der Waals surface area contributed by atoms with Crippen molar-refractivity contribution < 1.29 is 22.7 Å². The molecule has 0 aromatic rings. The van der Waals surface area contributed by atoms with Crippen LogP contribution in [0.4, 0.5) is 13.2 Å². The summed E-state index contributed by atoms with van der Waals surface area (Å²) >= 11 is 0. The molecule has 6 heteroatoms. The van der Waals surface area contributed by atoms with E-state index in [0.29, 0.717) is 19.4 Å². The van der Waals surface area contributed by atoms with Crippen LogP contribution in [-0.4, -0.2) is 43.3 Å². The van der Waals surface area contributed by atoms with Crippen molar-refractivity contribution in [2.24, 2.45) is 5.92 Å². The van der Waals surface area contributed by atoms with Crippen molar-refractivity contribution in [2.75, 3.05) is 20.2 Å². The Hall–Kier alpha value is -0.780. The van der Waals surface area contributed by atoms with Gasteiger partial charge in [-0.1, -0.05) is 19.8 Å². The lowest BCUT2D eigenvalue weighted by molar-refractivity contribution is -0.191. The molecular weight excluding hydrogens is 259 g/mol. The molecule has 1 saturated heterocycles. The first-order valence-corrected chi connectivity index (χ1v) is 6.78. The Kier molecular flexibility index (Phi) is 6.10. The zero-order valence-electron chi connectivity index (χ0n) is 11.5. The third kappa shape index (κ3) is 4.67. The second-order valence-corrected chi connectivity index (χ2v) is 5.06. The SMILES string of the molecule is CCCCC(C(=O)OC)N1CCCC(C(F)(F)F)C1. The maximum atomic E-state index is 12.8. The molecule has 0 bridgehead atoms. The smallest absolute Gasteiger partial charge is 0.393 e. The minimum Gasteiger partial charge on any atom is -0.468 e. The third-order valence-electron chi connectivity index (χ3n) is 3.66. The number of alkyl halides is 3. The molecule has 1 rings (SSSR count). The lowest BCUT2D eigenvalue weighted by atomic mass is 9.95. The molecule has 0 saturated carbocycles. The van der Waals surface area contributed by atoms with Gasteiger partial charge in [0.05, 0.1) is 13.0 Å². The van der Waals surface area contributed by atoms with Crippen LogP contribution in [0.25, 0.3) is 0 Å². The molecule has 0 N–H and O–H groups in total. The van der Waals surface area contributed by atoms with Gasteiger partial charge in [0.15, 0.2) is 0 Å². The Morgan fingerprint density at radius 1 is 1.47 bits per heavy atom. The van der Waals surface area contributed by atoms with E-state index in [9.17, 15) is 18.0 Å². The number of rotatable bonds is 5. The zero-order valence-corrected chi connectivity index (χ0v) is 11.5. The first-order chi connectivity index (χ1) is 8.90. The highest BCUT2D eigenvalue weighted by Crippen LogP contribution is 2.34. The molecule has 3 nitrogen and oxygen atoms in total. The predicted molar refractivity (Wildman–Crippen MR) is 65.7 cm³/mol. The molecule has 0 aromatic carbocycles. The summed E-state index contributed by atoms with van der Waals surface area (Å²) in [7, 11) is 1.28. The number of unbranched alkanes of at least 4 members (excludes halogenated alkanes) is 1. The monoisotopic (exact) mass is 281 g/mol. The molecule has 2 atom stereocenters. The second kappa shape index (κ2) is 7.12. The van der Waals surface area contributed by atoms with E-state index >= 15 is 0 Å². The highest BCUT2D eigenvalue weighted by atomic mass is 19.4. The van der Waals surface area contributed by atoms with E-state index in [1.807, 2.05) is 6.92 Å². The van der Waals surface area contributed by atoms with Gasteiger partial charge >= 0.3 is 12.1 Å². The van der Waals surface area contributed by atoms with Gasteiger partial charge in [-0.05, 0) is 25.8 Å². The Bertz CT molecular complexity index is 294. The topological polar surface area (TPSA) is 29.5 Å². The quantitative estimate of drug-likeness (QED) is 0.726. The van der Waals surface area contributed by atoms with Crippen LogP contribution in [0.2, 0.25) is 0 Å². The van der Waals surface area contributed by atoms with Gasteiger partial charge in [0.2, 0.25) is 0 Å². The van der Waals surface area contributed by atoms with E-state index in [4.69, 9.17) is 4.74 Å². The Balaban J connectivity index is 2.70.